The van der Waals surface area contributed by atoms with Crippen molar-refractivity contribution in [3.05, 3.63) is 59.2 Å². The Labute approximate surface area is 150 Å². The first kappa shape index (κ1) is 19.0. The lowest BCUT2D eigenvalue weighted by Crippen LogP contribution is -2.22. The van der Waals surface area contributed by atoms with E-state index in [9.17, 15) is 4.79 Å². The summed E-state index contributed by atoms with van der Waals surface area (Å²) in [4.78, 5) is 19.6. The second kappa shape index (κ2) is 7.26. The number of aromatic amines is 1. The summed E-state index contributed by atoms with van der Waals surface area (Å²) in [5.41, 5.74) is 2.87. The molecule has 1 aromatic carbocycles. The molecule has 2 aromatic rings. The summed E-state index contributed by atoms with van der Waals surface area (Å²) in [5, 5.41) is 0. The summed E-state index contributed by atoms with van der Waals surface area (Å²) in [6, 6.07) is 8.08. The minimum absolute atomic E-state index is 0.0710. The van der Waals surface area contributed by atoms with E-state index < -0.39 is 5.60 Å². The Balaban J connectivity index is 1.98. The average Bonchev–Trinajstić information content (AvgIpc) is 2.93. The van der Waals surface area contributed by atoms with E-state index in [4.69, 9.17) is 4.74 Å². The molecular weight excluding hydrogens is 312 g/mol. The smallest absolute Gasteiger partial charge is 0.331 e. The van der Waals surface area contributed by atoms with Gasteiger partial charge in [0.05, 0.1) is 0 Å². The highest BCUT2D eigenvalue weighted by Gasteiger charge is 2.16. The van der Waals surface area contributed by atoms with Crippen molar-refractivity contribution in [3.8, 4) is 0 Å². The molecule has 2 rings (SSSR count). The number of hydrogen-bond acceptors (Lipinski definition) is 3. The number of aromatic nitrogens is 2. The molecule has 0 aliphatic heterocycles. The van der Waals surface area contributed by atoms with Crippen molar-refractivity contribution in [2.45, 2.75) is 59.0 Å². The predicted octanol–water partition coefficient (Wildman–Crippen LogP) is 4.65. The molecule has 0 unspecified atom stereocenters. The first-order chi connectivity index (χ1) is 11.5. The van der Waals surface area contributed by atoms with Crippen LogP contribution in [0.4, 0.5) is 0 Å². The molecular formula is C21H28N2O2. The van der Waals surface area contributed by atoms with Gasteiger partial charge in [-0.05, 0) is 38.0 Å². The van der Waals surface area contributed by atoms with Crippen LogP contribution in [0.2, 0.25) is 0 Å². The number of carbonyl (C=O) groups excluding carboxylic acids is 1. The first-order valence-electron chi connectivity index (χ1n) is 8.57. The Bertz CT molecular complexity index is 741. The number of hydrogen-bond donors (Lipinski definition) is 1. The summed E-state index contributed by atoms with van der Waals surface area (Å²) >= 11 is 0. The molecule has 0 fully saturated rings. The third-order valence-corrected chi connectivity index (χ3v) is 3.61. The Morgan fingerprint density at radius 3 is 2.28 bits per heavy atom. The molecule has 4 heteroatoms. The monoisotopic (exact) mass is 340 g/mol. The number of rotatable bonds is 4. The molecule has 0 saturated carbocycles. The van der Waals surface area contributed by atoms with E-state index in [2.05, 4.69) is 30.7 Å². The van der Waals surface area contributed by atoms with Crippen molar-refractivity contribution >= 4 is 12.0 Å². The molecule has 1 heterocycles. The second-order valence-electron chi connectivity index (χ2n) is 8.28. The molecule has 0 aliphatic carbocycles. The summed E-state index contributed by atoms with van der Waals surface area (Å²) in [5.74, 6) is 0.629. The molecule has 0 spiro atoms. The zero-order valence-electron chi connectivity index (χ0n) is 16.0. The predicted molar refractivity (Wildman–Crippen MR) is 101 cm³/mol. The summed E-state index contributed by atoms with van der Waals surface area (Å²) in [6.45, 7) is 12.1. The van der Waals surface area contributed by atoms with E-state index in [1.807, 2.05) is 51.2 Å². The van der Waals surface area contributed by atoms with E-state index in [0.717, 1.165) is 23.5 Å². The Kier molecular flexibility index (Phi) is 5.51. The zero-order valence-corrected chi connectivity index (χ0v) is 16.0. The molecule has 25 heavy (non-hydrogen) atoms. The standard InChI is InChI=1S/C21H28N2O2/c1-20(2,3)17-14-22-18(23-17)13-16-9-7-15(8-10-16)11-12-19(24)25-21(4,5)6/h7-12,14H,13H2,1-6H3,(H,22,23)/b12-11+. The highest BCUT2D eigenvalue weighted by Crippen LogP contribution is 2.20. The summed E-state index contributed by atoms with van der Waals surface area (Å²) in [6.07, 6.45) is 5.89. The number of imidazole rings is 1. The summed E-state index contributed by atoms with van der Waals surface area (Å²) in [7, 11) is 0. The molecule has 0 aliphatic rings. The van der Waals surface area contributed by atoms with Crippen LogP contribution in [-0.2, 0) is 21.4 Å². The van der Waals surface area contributed by atoms with Crippen molar-refractivity contribution < 1.29 is 9.53 Å². The molecule has 1 N–H and O–H groups in total. The van der Waals surface area contributed by atoms with Crippen molar-refractivity contribution in [1.82, 2.24) is 9.97 Å². The van der Waals surface area contributed by atoms with Crippen LogP contribution in [0.15, 0.2) is 36.5 Å². The van der Waals surface area contributed by atoms with Crippen molar-refractivity contribution in [3.63, 3.8) is 0 Å². The van der Waals surface area contributed by atoms with Crippen LogP contribution in [0.1, 0.15) is 64.2 Å². The highest BCUT2D eigenvalue weighted by atomic mass is 16.6. The first-order valence-corrected chi connectivity index (χ1v) is 8.57. The molecule has 134 valence electrons. The van der Waals surface area contributed by atoms with E-state index in [0.29, 0.717) is 0 Å². The molecule has 0 saturated heterocycles. The number of benzene rings is 1. The lowest BCUT2D eigenvalue weighted by molar-refractivity contribution is -0.148. The number of nitrogens with one attached hydrogen (secondary N) is 1. The maximum absolute atomic E-state index is 11.7. The molecule has 4 nitrogen and oxygen atoms in total. The van der Waals surface area contributed by atoms with Gasteiger partial charge in [-0.15, -0.1) is 0 Å². The number of carbonyl (C=O) groups is 1. The number of ether oxygens (including phenoxy) is 1. The normalized spacial score (nSPS) is 12.6. The van der Waals surface area contributed by atoms with Gasteiger partial charge in [0.15, 0.2) is 0 Å². The molecule has 1 aromatic heterocycles. The van der Waals surface area contributed by atoms with Crippen molar-refractivity contribution in [2.24, 2.45) is 0 Å². The number of nitrogens with zero attached hydrogens (tertiary/aromatic N) is 1. The van der Waals surface area contributed by atoms with Gasteiger partial charge >= 0.3 is 5.97 Å². The largest absolute Gasteiger partial charge is 0.457 e. The number of esters is 1. The van der Waals surface area contributed by atoms with Crippen molar-refractivity contribution in [1.29, 1.82) is 0 Å². The fourth-order valence-electron chi connectivity index (χ4n) is 2.27. The van der Waals surface area contributed by atoms with Crippen LogP contribution < -0.4 is 0 Å². The fraction of sp³-hybridized carbons (Fsp3) is 0.429. The van der Waals surface area contributed by atoms with Gasteiger partial charge in [-0.1, -0.05) is 45.0 Å². The van der Waals surface area contributed by atoms with Gasteiger partial charge in [0.2, 0.25) is 0 Å². The maximum Gasteiger partial charge on any atom is 0.331 e. The van der Waals surface area contributed by atoms with Gasteiger partial charge in [0.25, 0.3) is 0 Å². The SMILES string of the molecule is CC(C)(C)OC(=O)/C=C/c1ccc(Cc2ncc(C(C)(C)C)[nH]2)cc1. The van der Waals surface area contributed by atoms with Crippen molar-refractivity contribution in [2.75, 3.05) is 0 Å². The van der Waals surface area contributed by atoms with Crippen LogP contribution in [0.5, 0.6) is 0 Å². The minimum atomic E-state index is -0.472. The van der Waals surface area contributed by atoms with Gasteiger partial charge in [-0.2, -0.15) is 0 Å². The van der Waals surface area contributed by atoms with E-state index >= 15 is 0 Å². The van der Waals surface area contributed by atoms with Gasteiger partial charge in [-0.25, -0.2) is 9.78 Å². The van der Waals surface area contributed by atoms with Gasteiger partial charge in [0, 0.05) is 29.8 Å². The van der Waals surface area contributed by atoms with Crippen LogP contribution in [0.3, 0.4) is 0 Å². The Hall–Kier alpha value is -2.36. The third kappa shape index (κ3) is 6.22. The second-order valence-corrected chi connectivity index (χ2v) is 8.28. The average molecular weight is 340 g/mol. The van der Waals surface area contributed by atoms with Crippen LogP contribution in [0, 0.1) is 0 Å². The van der Waals surface area contributed by atoms with Crippen LogP contribution in [0.25, 0.3) is 6.08 Å². The van der Waals surface area contributed by atoms with E-state index in [1.54, 1.807) is 6.08 Å². The van der Waals surface area contributed by atoms with Gasteiger partial charge in [0.1, 0.15) is 11.4 Å². The fourth-order valence-corrected chi connectivity index (χ4v) is 2.27. The number of H-pyrrole nitrogens is 1. The summed E-state index contributed by atoms with van der Waals surface area (Å²) < 4.78 is 5.25. The van der Waals surface area contributed by atoms with Crippen LogP contribution in [-0.4, -0.2) is 21.5 Å². The van der Waals surface area contributed by atoms with Gasteiger partial charge in [-0.3, -0.25) is 0 Å². The minimum Gasteiger partial charge on any atom is -0.457 e. The van der Waals surface area contributed by atoms with Crippen LogP contribution >= 0.6 is 0 Å². The highest BCUT2D eigenvalue weighted by molar-refractivity contribution is 5.87. The third-order valence-electron chi connectivity index (χ3n) is 3.61. The maximum atomic E-state index is 11.7. The molecule has 0 amide bonds. The van der Waals surface area contributed by atoms with Gasteiger partial charge < -0.3 is 9.72 Å². The lowest BCUT2D eigenvalue weighted by Gasteiger charge is -2.17. The van der Waals surface area contributed by atoms with E-state index in [1.165, 1.54) is 11.6 Å². The molecule has 0 radical (unpaired) electrons. The Morgan fingerprint density at radius 1 is 1.12 bits per heavy atom. The van der Waals surface area contributed by atoms with E-state index in [-0.39, 0.29) is 11.4 Å². The zero-order chi connectivity index (χ0) is 18.7. The lowest BCUT2D eigenvalue weighted by atomic mass is 9.93. The topological polar surface area (TPSA) is 55.0 Å². The Morgan fingerprint density at radius 2 is 1.76 bits per heavy atom. The molecule has 0 bridgehead atoms. The molecule has 0 atom stereocenters. The quantitative estimate of drug-likeness (QED) is 0.651.